The zero-order chi connectivity index (χ0) is 45.2. The molecule has 0 N–H and O–H groups in total. The highest BCUT2D eigenvalue weighted by Crippen LogP contribution is 2.49. The van der Waals surface area contributed by atoms with E-state index in [2.05, 4.69) is 289 Å². The zero-order valence-corrected chi connectivity index (χ0v) is 37.5. The third-order valence-electron chi connectivity index (χ3n) is 13.2. The molecule has 0 fully saturated rings. The molecule has 0 radical (unpaired) electrons. The van der Waals surface area contributed by atoms with Crippen molar-refractivity contribution in [3.05, 3.63) is 279 Å². The molecule has 0 amide bonds. The van der Waals surface area contributed by atoms with Crippen LogP contribution in [0.4, 0.5) is 34.1 Å². The maximum atomic E-state index is 2.43. The summed E-state index contributed by atoms with van der Waals surface area (Å²) in [6.07, 6.45) is 0. The summed E-state index contributed by atoms with van der Waals surface area (Å²) in [6, 6.07) is 101. The Balaban J connectivity index is 1.06. The van der Waals surface area contributed by atoms with Gasteiger partial charge in [-0.05, 0) is 145 Å². The second kappa shape index (κ2) is 17.8. The SMILES string of the molecule is c1ccc(-c2cc3ccc(N(c4ccccc4)c4ccc(-c5ccc6ccccc6c5)cc4)c(-c4ccccc4)c3cc2N(c2ccccc2)c2ccc(-c3ccc4ccccc4c3)cc2)cc1. The first-order valence-electron chi connectivity index (χ1n) is 23.3. The van der Waals surface area contributed by atoms with Crippen molar-refractivity contribution in [2.24, 2.45) is 0 Å². The molecule has 320 valence electrons. The lowest BCUT2D eigenvalue weighted by atomic mass is 9.91. The van der Waals surface area contributed by atoms with Crippen LogP contribution in [0.5, 0.6) is 0 Å². The number of anilines is 6. The molecule has 12 rings (SSSR count). The summed E-state index contributed by atoms with van der Waals surface area (Å²) in [5.41, 5.74) is 15.9. The number of para-hydroxylation sites is 2. The molecular formula is C66H46N2. The Morgan fingerprint density at radius 1 is 0.206 bits per heavy atom. The van der Waals surface area contributed by atoms with Crippen molar-refractivity contribution in [1.82, 2.24) is 0 Å². The first-order valence-corrected chi connectivity index (χ1v) is 23.3. The average Bonchev–Trinajstić information content (AvgIpc) is 3.42. The van der Waals surface area contributed by atoms with E-state index in [1.165, 1.54) is 43.8 Å². The predicted octanol–water partition coefficient (Wildman–Crippen LogP) is 18.8. The van der Waals surface area contributed by atoms with Crippen molar-refractivity contribution in [3.8, 4) is 44.5 Å². The molecule has 68 heavy (non-hydrogen) atoms. The molecule has 2 nitrogen and oxygen atoms in total. The van der Waals surface area contributed by atoms with E-state index in [-0.39, 0.29) is 0 Å². The summed E-state index contributed by atoms with van der Waals surface area (Å²) in [5.74, 6) is 0. The standard InChI is InChI=1S/C66H46N2/c1-5-19-51(20-6-1)62-45-57-37-42-64(67(58-25-9-3-10-26-58)60-38-33-49(34-39-60)55-31-29-47-17-13-15-23-53(47)43-55)66(52-21-7-2-8-22-52)63(57)46-65(62)68(59-27-11-4-12-28-59)61-40-35-50(36-41-61)56-32-30-48-18-14-16-24-54(48)44-56/h1-46H. The molecule has 12 aromatic carbocycles. The summed E-state index contributed by atoms with van der Waals surface area (Å²) in [5, 5.41) is 7.28. The molecule has 12 aromatic rings. The quantitative estimate of drug-likeness (QED) is 0.135. The molecule has 0 unspecified atom stereocenters. The largest absolute Gasteiger partial charge is 0.310 e. The third kappa shape index (κ3) is 7.74. The number of hydrogen-bond donors (Lipinski definition) is 0. The lowest BCUT2D eigenvalue weighted by molar-refractivity contribution is 1.28. The highest BCUT2D eigenvalue weighted by atomic mass is 15.2. The van der Waals surface area contributed by atoms with Gasteiger partial charge in [0, 0.05) is 33.9 Å². The van der Waals surface area contributed by atoms with Crippen LogP contribution in [0.2, 0.25) is 0 Å². The minimum absolute atomic E-state index is 1.08. The van der Waals surface area contributed by atoms with Crippen LogP contribution < -0.4 is 9.80 Å². The van der Waals surface area contributed by atoms with Crippen LogP contribution >= 0.6 is 0 Å². The molecule has 0 aliphatic heterocycles. The van der Waals surface area contributed by atoms with Gasteiger partial charge in [0.2, 0.25) is 0 Å². The van der Waals surface area contributed by atoms with Crippen LogP contribution in [0, 0.1) is 0 Å². The number of benzene rings is 12. The summed E-state index contributed by atoms with van der Waals surface area (Å²) in [7, 11) is 0. The highest BCUT2D eigenvalue weighted by Gasteiger charge is 2.24. The van der Waals surface area contributed by atoms with E-state index in [0.29, 0.717) is 0 Å². The van der Waals surface area contributed by atoms with Crippen molar-refractivity contribution in [1.29, 1.82) is 0 Å². The fraction of sp³-hybridized carbons (Fsp3) is 0. The minimum Gasteiger partial charge on any atom is -0.310 e. The highest BCUT2D eigenvalue weighted by molar-refractivity contribution is 6.10. The van der Waals surface area contributed by atoms with Gasteiger partial charge in [0.15, 0.2) is 0 Å². The van der Waals surface area contributed by atoms with E-state index in [9.17, 15) is 0 Å². The van der Waals surface area contributed by atoms with Gasteiger partial charge in [-0.2, -0.15) is 0 Å². The normalized spacial score (nSPS) is 11.2. The van der Waals surface area contributed by atoms with Crippen LogP contribution in [0.25, 0.3) is 76.8 Å². The Kier molecular flexibility index (Phi) is 10.6. The summed E-state index contributed by atoms with van der Waals surface area (Å²) < 4.78 is 0. The first kappa shape index (κ1) is 40.5. The molecule has 0 aliphatic carbocycles. The monoisotopic (exact) mass is 866 g/mol. The molecule has 0 atom stereocenters. The van der Waals surface area contributed by atoms with Gasteiger partial charge < -0.3 is 9.80 Å². The van der Waals surface area contributed by atoms with Crippen molar-refractivity contribution < 1.29 is 0 Å². The second-order valence-corrected chi connectivity index (χ2v) is 17.3. The predicted molar refractivity (Wildman–Crippen MR) is 290 cm³/mol. The Morgan fingerprint density at radius 2 is 0.588 bits per heavy atom. The van der Waals surface area contributed by atoms with Crippen molar-refractivity contribution in [3.63, 3.8) is 0 Å². The fourth-order valence-corrected chi connectivity index (χ4v) is 9.83. The molecule has 0 saturated carbocycles. The lowest BCUT2D eigenvalue weighted by Crippen LogP contribution is -2.13. The van der Waals surface area contributed by atoms with Gasteiger partial charge in [-0.3, -0.25) is 0 Å². The molecule has 0 heterocycles. The molecular weight excluding hydrogens is 821 g/mol. The first-order chi connectivity index (χ1) is 33.7. The van der Waals surface area contributed by atoms with Crippen LogP contribution in [-0.2, 0) is 0 Å². The Morgan fingerprint density at radius 3 is 1.09 bits per heavy atom. The van der Waals surface area contributed by atoms with Crippen molar-refractivity contribution in [2.75, 3.05) is 9.80 Å². The van der Waals surface area contributed by atoms with E-state index in [4.69, 9.17) is 0 Å². The summed E-state index contributed by atoms with van der Waals surface area (Å²) in [6.45, 7) is 0. The maximum Gasteiger partial charge on any atom is 0.0546 e. The third-order valence-corrected chi connectivity index (χ3v) is 13.2. The summed E-state index contributed by atoms with van der Waals surface area (Å²) >= 11 is 0. The van der Waals surface area contributed by atoms with Gasteiger partial charge in [-0.25, -0.2) is 0 Å². The minimum atomic E-state index is 1.08. The molecule has 0 spiro atoms. The topological polar surface area (TPSA) is 6.48 Å². The Hall–Kier alpha value is -8.98. The molecule has 0 aliphatic rings. The van der Waals surface area contributed by atoms with Gasteiger partial charge in [0.05, 0.1) is 11.4 Å². The number of rotatable bonds is 10. The number of nitrogens with zero attached hydrogens (tertiary/aromatic N) is 2. The maximum absolute atomic E-state index is 2.43. The Labute approximate surface area is 397 Å². The van der Waals surface area contributed by atoms with E-state index in [0.717, 1.165) is 67.2 Å². The van der Waals surface area contributed by atoms with E-state index in [1.54, 1.807) is 0 Å². The summed E-state index contributed by atoms with van der Waals surface area (Å²) in [4.78, 5) is 4.84. The van der Waals surface area contributed by atoms with Crippen LogP contribution in [0.15, 0.2) is 279 Å². The molecule has 0 aromatic heterocycles. The lowest BCUT2D eigenvalue weighted by Gasteiger charge is -2.31. The van der Waals surface area contributed by atoms with Crippen LogP contribution in [-0.4, -0.2) is 0 Å². The molecule has 2 heteroatoms. The zero-order valence-electron chi connectivity index (χ0n) is 37.5. The van der Waals surface area contributed by atoms with Crippen molar-refractivity contribution in [2.45, 2.75) is 0 Å². The van der Waals surface area contributed by atoms with Crippen molar-refractivity contribution >= 4 is 66.4 Å². The van der Waals surface area contributed by atoms with Gasteiger partial charge >= 0.3 is 0 Å². The fourth-order valence-electron chi connectivity index (χ4n) is 9.83. The number of fused-ring (bicyclic) bond motifs is 3. The smallest absolute Gasteiger partial charge is 0.0546 e. The van der Waals surface area contributed by atoms with Crippen LogP contribution in [0.1, 0.15) is 0 Å². The molecule has 0 saturated heterocycles. The van der Waals surface area contributed by atoms with Gasteiger partial charge in [0.1, 0.15) is 0 Å². The molecule has 0 bridgehead atoms. The van der Waals surface area contributed by atoms with E-state index in [1.807, 2.05) is 0 Å². The Bertz CT molecular complexity index is 3700. The van der Waals surface area contributed by atoms with E-state index >= 15 is 0 Å². The van der Waals surface area contributed by atoms with Gasteiger partial charge in [0.25, 0.3) is 0 Å². The van der Waals surface area contributed by atoms with Gasteiger partial charge in [-0.15, -0.1) is 0 Å². The van der Waals surface area contributed by atoms with Gasteiger partial charge in [-0.1, -0.05) is 200 Å². The number of hydrogen-bond acceptors (Lipinski definition) is 2. The van der Waals surface area contributed by atoms with Crippen LogP contribution in [0.3, 0.4) is 0 Å². The second-order valence-electron chi connectivity index (χ2n) is 17.3. The van der Waals surface area contributed by atoms with E-state index < -0.39 is 0 Å². The average molecular weight is 867 g/mol.